The van der Waals surface area contributed by atoms with E-state index in [9.17, 15) is 4.79 Å². The normalized spacial score (nSPS) is 20.1. The maximum Gasteiger partial charge on any atom is 0.310 e. The van der Waals surface area contributed by atoms with Crippen molar-refractivity contribution in [2.45, 2.75) is 58.1 Å². The fourth-order valence-corrected chi connectivity index (χ4v) is 3.94. The molecule has 0 radical (unpaired) electrons. The molecular formula is C21H33IN4O3. The predicted octanol–water partition coefficient (Wildman–Crippen LogP) is 3.37. The number of carbonyl (C=O) groups is 1. The van der Waals surface area contributed by atoms with E-state index < -0.39 is 0 Å². The van der Waals surface area contributed by atoms with Crippen molar-refractivity contribution in [1.29, 1.82) is 0 Å². The summed E-state index contributed by atoms with van der Waals surface area (Å²) in [5.74, 6) is 1.32. The van der Waals surface area contributed by atoms with Crippen LogP contribution < -0.4 is 10.1 Å². The van der Waals surface area contributed by atoms with Crippen LogP contribution in [0.4, 0.5) is 0 Å². The van der Waals surface area contributed by atoms with Crippen LogP contribution >= 0.6 is 24.0 Å². The molecule has 8 heteroatoms. The minimum atomic E-state index is -0.106. The van der Waals surface area contributed by atoms with E-state index in [1.54, 1.807) is 13.2 Å². The molecule has 1 aromatic heterocycles. The first-order valence-electron chi connectivity index (χ1n) is 10.4. The lowest BCUT2D eigenvalue weighted by atomic mass is 9.98. The number of esters is 1. The molecule has 1 saturated heterocycles. The summed E-state index contributed by atoms with van der Waals surface area (Å²) in [7, 11) is 1.78. The largest absolute Gasteiger partial charge is 0.474 e. The summed E-state index contributed by atoms with van der Waals surface area (Å²) >= 11 is 0. The van der Waals surface area contributed by atoms with Crippen LogP contribution in [0.1, 0.15) is 51.0 Å². The Morgan fingerprint density at radius 2 is 2.10 bits per heavy atom. The van der Waals surface area contributed by atoms with Crippen molar-refractivity contribution in [3.8, 4) is 5.88 Å². The zero-order valence-corrected chi connectivity index (χ0v) is 19.8. The van der Waals surface area contributed by atoms with E-state index in [-0.39, 0.29) is 35.9 Å². The molecule has 0 bridgehead atoms. The molecule has 1 unspecified atom stereocenters. The molecule has 2 aliphatic rings. The summed E-state index contributed by atoms with van der Waals surface area (Å²) in [6, 6.07) is 3.98. The number of nitrogens with zero attached hydrogens (tertiary/aromatic N) is 3. The van der Waals surface area contributed by atoms with E-state index in [1.165, 1.54) is 12.8 Å². The summed E-state index contributed by atoms with van der Waals surface area (Å²) in [6.07, 6.45) is 8.65. The summed E-state index contributed by atoms with van der Waals surface area (Å²) in [4.78, 5) is 23.0. The lowest BCUT2D eigenvalue weighted by Crippen LogP contribution is -2.48. The van der Waals surface area contributed by atoms with E-state index in [0.29, 0.717) is 31.7 Å². The minimum absolute atomic E-state index is 0. The van der Waals surface area contributed by atoms with Crippen molar-refractivity contribution in [2.75, 3.05) is 26.7 Å². The van der Waals surface area contributed by atoms with Gasteiger partial charge >= 0.3 is 5.97 Å². The van der Waals surface area contributed by atoms with E-state index in [0.717, 1.165) is 43.8 Å². The molecule has 1 saturated carbocycles. The first-order chi connectivity index (χ1) is 13.7. The molecule has 2 fully saturated rings. The molecule has 1 aromatic rings. The van der Waals surface area contributed by atoms with E-state index in [4.69, 9.17) is 9.47 Å². The van der Waals surface area contributed by atoms with Gasteiger partial charge in [0.05, 0.1) is 12.5 Å². The summed E-state index contributed by atoms with van der Waals surface area (Å²) in [5, 5.41) is 3.41. The van der Waals surface area contributed by atoms with Crippen molar-refractivity contribution in [3.05, 3.63) is 23.9 Å². The summed E-state index contributed by atoms with van der Waals surface area (Å²) in [6.45, 7) is 4.44. The van der Waals surface area contributed by atoms with Gasteiger partial charge in [-0.25, -0.2) is 4.98 Å². The second kappa shape index (κ2) is 12.2. The van der Waals surface area contributed by atoms with Crippen molar-refractivity contribution in [3.63, 3.8) is 0 Å². The highest BCUT2D eigenvalue weighted by molar-refractivity contribution is 14.0. The van der Waals surface area contributed by atoms with E-state index >= 15 is 0 Å². The third-order valence-corrected chi connectivity index (χ3v) is 5.39. The molecule has 162 valence electrons. The van der Waals surface area contributed by atoms with Gasteiger partial charge in [-0.05, 0) is 57.1 Å². The number of piperidine rings is 1. The monoisotopic (exact) mass is 516 g/mol. The number of carbonyl (C=O) groups excluding carboxylic acids is 1. The fraction of sp³-hybridized carbons (Fsp3) is 0.667. The highest BCUT2D eigenvalue weighted by atomic mass is 127. The molecule has 1 atom stereocenters. The number of likely N-dealkylation sites (tertiary alicyclic amines) is 1. The minimum Gasteiger partial charge on any atom is -0.474 e. The Hall–Kier alpha value is -1.58. The van der Waals surface area contributed by atoms with Gasteiger partial charge in [0.2, 0.25) is 5.88 Å². The second-order valence-electron chi connectivity index (χ2n) is 7.46. The average molecular weight is 516 g/mol. The standard InChI is InChI=1S/C21H32N4O3.HI/c1-3-27-20(26)17-7-6-12-25(15-17)21(22-2)24-14-16-10-11-23-19(13-16)28-18-8-4-5-9-18;/h10-11,13,17-18H,3-9,12,14-15H2,1-2H3,(H,22,24);1H. The number of halogens is 1. The van der Waals surface area contributed by atoms with Gasteiger partial charge in [0.15, 0.2) is 5.96 Å². The van der Waals surface area contributed by atoms with Gasteiger partial charge in [-0.1, -0.05) is 0 Å². The number of nitrogens with one attached hydrogen (secondary N) is 1. The molecule has 3 rings (SSSR count). The lowest BCUT2D eigenvalue weighted by Gasteiger charge is -2.34. The van der Waals surface area contributed by atoms with Crippen LogP contribution in [0.2, 0.25) is 0 Å². The number of aliphatic imine (C=N–C) groups is 1. The van der Waals surface area contributed by atoms with Crippen molar-refractivity contribution < 1.29 is 14.3 Å². The maximum absolute atomic E-state index is 12.1. The third kappa shape index (κ3) is 7.01. The van der Waals surface area contributed by atoms with Gasteiger partial charge in [-0.15, -0.1) is 24.0 Å². The summed E-state index contributed by atoms with van der Waals surface area (Å²) < 4.78 is 11.2. The van der Waals surface area contributed by atoms with Gasteiger partial charge in [-0.2, -0.15) is 0 Å². The van der Waals surface area contributed by atoms with Crippen LogP contribution in [0.15, 0.2) is 23.3 Å². The van der Waals surface area contributed by atoms with E-state index in [2.05, 4.69) is 20.2 Å². The van der Waals surface area contributed by atoms with Crippen LogP contribution in [0.3, 0.4) is 0 Å². The average Bonchev–Trinajstić information content (AvgIpc) is 3.22. The number of pyridine rings is 1. The van der Waals surface area contributed by atoms with Crippen molar-refractivity contribution in [2.24, 2.45) is 10.9 Å². The molecular weight excluding hydrogens is 483 g/mol. The highest BCUT2D eigenvalue weighted by Gasteiger charge is 2.28. The number of hydrogen-bond acceptors (Lipinski definition) is 5. The molecule has 1 aliphatic carbocycles. The van der Waals surface area contributed by atoms with Crippen LogP contribution in [0.25, 0.3) is 0 Å². The van der Waals surface area contributed by atoms with Crippen LogP contribution in [-0.2, 0) is 16.1 Å². The molecule has 7 nitrogen and oxygen atoms in total. The highest BCUT2D eigenvalue weighted by Crippen LogP contribution is 2.23. The van der Waals surface area contributed by atoms with Gasteiger partial charge in [0.1, 0.15) is 6.10 Å². The van der Waals surface area contributed by atoms with Gasteiger partial charge in [-0.3, -0.25) is 9.79 Å². The molecule has 0 amide bonds. The Morgan fingerprint density at radius 1 is 1.31 bits per heavy atom. The first-order valence-corrected chi connectivity index (χ1v) is 10.4. The second-order valence-corrected chi connectivity index (χ2v) is 7.46. The van der Waals surface area contributed by atoms with Gasteiger partial charge in [0.25, 0.3) is 0 Å². The first kappa shape index (κ1) is 23.7. The molecule has 2 heterocycles. The van der Waals surface area contributed by atoms with E-state index in [1.807, 2.05) is 19.1 Å². The molecule has 0 aromatic carbocycles. The molecule has 0 spiro atoms. The number of rotatable bonds is 6. The molecule has 1 N–H and O–H groups in total. The summed E-state index contributed by atoms with van der Waals surface area (Å²) in [5.41, 5.74) is 1.10. The Kier molecular flexibility index (Phi) is 9.96. The Labute approximate surface area is 190 Å². The zero-order valence-electron chi connectivity index (χ0n) is 17.4. The number of guanidine groups is 1. The molecule has 29 heavy (non-hydrogen) atoms. The zero-order chi connectivity index (χ0) is 19.8. The van der Waals surface area contributed by atoms with Gasteiger partial charge in [0, 0.05) is 38.9 Å². The van der Waals surface area contributed by atoms with Crippen molar-refractivity contribution in [1.82, 2.24) is 15.2 Å². The number of hydrogen-bond donors (Lipinski definition) is 1. The number of ether oxygens (including phenoxy) is 2. The van der Waals surface area contributed by atoms with Crippen LogP contribution in [0.5, 0.6) is 5.88 Å². The predicted molar refractivity (Wildman–Crippen MR) is 124 cm³/mol. The Bertz CT molecular complexity index is 680. The molecule has 1 aliphatic heterocycles. The Balaban J connectivity index is 0.00000300. The van der Waals surface area contributed by atoms with Gasteiger partial charge < -0.3 is 19.7 Å². The maximum atomic E-state index is 12.1. The lowest BCUT2D eigenvalue weighted by molar-refractivity contribution is -0.149. The van der Waals surface area contributed by atoms with Crippen molar-refractivity contribution >= 4 is 35.9 Å². The van der Waals surface area contributed by atoms with Crippen LogP contribution in [0, 0.1) is 5.92 Å². The Morgan fingerprint density at radius 3 is 2.83 bits per heavy atom. The smallest absolute Gasteiger partial charge is 0.310 e. The van der Waals surface area contributed by atoms with Crippen LogP contribution in [-0.4, -0.2) is 54.7 Å². The topological polar surface area (TPSA) is 76.0 Å². The number of aromatic nitrogens is 1. The third-order valence-electron chi connectivity index (χ3n) is 5.39. The quantitative estimate of drug-likeness (QED) is 0.271. The fourth-order valence-electron chi connectivity index (χ4n) is 3.94. The SMILES string of the molecule is CCOC(=O)C1CCCN(C(=NC)NCc2ccnc(OC3CCCC3)c2)C1.I.